The molecule has 0 saturated heterocycles. The molecule has 4 rings (SSSR count). The molecule has 0 spiro atoms. The van der Waals surface area contributed by atoms with Crippen LogP contribution in [0.2, 0.25) is 0 Å². The number of aromatic nitrogens is 2. The first-order valence-corrected chi connectivity index (χ1v) is 10.6. The maximum atomic E-state index is 14.1. The molecular formula is C20H20ClFN4OS2. The maximum Gasteiger partial charge on any atom is 0.260 e. The van der Waals surface area contributed by atoms with Gasteiger partial charge in [-0.1, -0.05) is 17.4 Å². The minimum Gasteiger partial charge on any atom is -0.309 e. The van der Waals surface area contributed by atoms with Gasteiger partial charge in [0.2, 0.25) is 0 Å². The summed E-state index contributed by atoms with van der Waals surface area (Å²) in [6, 6.07) is 10.4. The van der Waals surface area contributed by atoms with Gasteiger partial charge in [0, 0.05) is 12.1 Å². The topological polar surface area (TPSA) is 49.3 Å². The molecular weight excluding hydrogens is 431 g/mol. The number of hydrogen-bond donors (Lipinski definition) is 0. The number of carbonyl (C=O) groups is 1. The molecule has 0 radical (unpaired) electrons. The van der Waals surface area contributed by atoms with Crippen LogP contribution >= 0.6 is 35.1 Å². The summed E-state index contributed by atoms with van der Waals surface area (Å²) in [6.07, 6.45) is 0.792. The second kappa shape index (κ2) is 9.13. The highest BCUT2D eigenvalue weighted by Crippen LogP contribution is 2.31. The van der Waals surface area contributed by atoms with Gasteiger partial charge in [0.25, 0.3) is 5.91 Å². The Balaban J connectivity index is 0.00000240. The van der Waals surface area contributed by atoms with Crippen molar-refractivity contribution in [3.63, 3.8) is 0 Å². The Bertz CT molecular complexity index is 1140. The van der Waals surface area contributed by atoms with E-state index in [4.69, 9.17) is 0 Å². The molecule has 9 heteroatoms. The summed E-state index contributed by atoms with van der Waals surface area (Å²) in [5.41, 5.74) is 3.54. The van der Waals surface area contributed by atoms with Crippen LogP contribution in [0.1, 0.15) is 16.8 Å². The van der Waals surface area contributed by atoms with Crippen LogP contribution in [0.25, 0.3) is 20.4 Å². The van der Waals surface area contributed by atoms with Crippen LogP contribution < -0.4 is 4.90 Å². The summed E-state index contributed by atoms with van der Waals surface area (Å²) >= 11 is 2.84. The lowest BCUT2D eigenvalue weighted by molar-refractivity contribution is 0.0986. The summed E-state index contributed by atoms with van der Waals surface area (Å²) in [4.78, 5) is 25.8. The highest BCUT2D eigenvalue weighted by molar-refractivity contribution is 7.22. The Morgan fingerprint density at radius 3 is 2.72 bits per heavy atom. The van der Waals surface area contributed by atoms with Crippen molar-refractivity contribution in [2.75, 3.05) is 32.1 Å². The Morgan fingerprint density at radius 2 is 1.97 bits per heavy atom. The van der Waals surface area contributed by atoms with Crippen LogP contribution in [0.5, 0.6) is 0 Å². The molecule has 0 aliphatic heterocycles. The molecule has 0 aliphatic rings. The van der Waals surface area contributed by atoms with Crippen molar-refractivity contribution in [1.82, 2.24) is 14.9 Å². The average Bonchev–Trinajstić information content (AvgIpc) is 3.31. The molecule has 0 unspecified atom stereocenters. The number of thiazole rings is 2. The predicted octanol–water partition coefficient (Wildman–Crippen LogP) is 5.07. The molecule has 0 bridgehead atoms. The number of rotatable bonds is 6. The largest absolute Gasteiger partial charge is 0.309 e. The minimum atomic E-state index is -0.369. The molecule has 0 saturated carbocycles. The van der Waals surface area contributed by atoms with Gasteiger partial charge in [-0.15, -0.1) is 23.7 Å². The van der Waals surface area contributed by atoms with Crippen LogP contribution in [0, 0.1) is 5.82 Å². The molecule has 2 heterocycles. The van der Waals surface area contributed by atoms with Crippen molar-refractivity contribution in [1.29, 1.82) is 0 Å². The van der Waals surface area contributed by atoms with Gasteiger partial charge in [0.15, 0.2) is 5.13 Å². The van der Waals surface area contributed by atoms with Gasteiger partial charge in [-0.05, 0) is 57.4 Å². The summed E-state index contributed by atoms with van der Waals surface area (Å²) in [5.74, 6) is -0.500. The highest BCUT2D eigenvalue weighted by atomic mass is 35.5. The molecule has 2 aromatic heterocycles. The SMILES string of the molecule is CN(C)CCCN(C(=O)c1ccc2ncsc2c1)c1nc2c(F)cccc2s1.Cl. The molecule has 1 amide bonds. The number of fused-ring (bicyclic) bond motifs is 2. The van der Waals surface area contributed by atoms with Crippen molar-refractivity contribution in [2.24, 2.45) is 0 Å². The first-order chi connectivity index (χ1) is 13.5. The van der Waals surface area contributed by atoms with Crippen molar-refractivity contribution >= 4 is 66.6 Å². The fourth-order valence-electron chi connectivity index (χ4n) is 2.99. The number of nitrogens with zero attached hydrogens (tertiary/aromatic N) is 4. The van der Waals surface area contributed by atoms with Crippen LogP contribution in [-0.4, -0.2) is 48.0 Å². The number of benzene rings is 2. The third kappa shape index (κ3) is 4.56. The number of amides is 1. The van der Waals surface area contributed by atoms with E-state index in [1.54, 1.807) is 22.5 Å². The lowest BCUT2D eigenvalue weighted by atomic mass is 10.2. The normalized spacial score (nSPS) is 11.2. The minimum absolute atomic E-state index is 0. The summed E-state index contributed by atoms with van der Waals surface area (Å²) in [6.45, 7) is 1.36. The maximum absolute atomic E-state index is 14.1. The third-order valence-electron chi connectivity index (χ3n) is 4.40. The lowest BCUT2D eigenvalue weighted by Gasteiger charge is -2.21. The molecule has 2 aromatic carbocycles. The molecule has 152 valence electrons. The van der Waals surface area contributed by atoms with E-state index in [1.807, 2.05) is 32.3 Å². The van der Waals surface area contributed by atoms with Gasteiger partial charge in [0.05, 0.1) is 20.4 Å². The first kappa shape index (κ1) is 21.6. The molecule has 29 heavy (non-hydrogen) atoms. The molecule has 0 aliphatic carbocycles. The molecule has 4 aromatic rings. The van der Waals surface area contributed by atoms with Crippen LogP contribution in [0.3, 0.4) is 0 Å². The fraction of sp³-hybridized carbons (Fsp3) is 0.250. The average molecular weight is 451 g/mol. The molecule has 0 fully saturated rings. The van der Waals surface area contributed by atoms with Gasteiger partial charge in [-0.25, -0.2) is 14.4 Å². The van der Waals surface area contributed by atoms with Crippen molar-refractivity contribution in [3.8, 4) is 0 Å². The van der Waals surface area contributed by atoms with Crippen LogP contribution in [0.15, 0.2) is 41.9 Å². The fourth-order valence-corrected chi connectivity index (χ4v) is 4.71. The predicted molar refractivity (Wildman–Crippen MR) is 121 cm³/mol. The van der Waals surface area contributed by atoms with E-state index >= 15 is 0 Å². The molecule has 0 atom stereocenters. The summed E-state index contributed by atoms with van der Waals surface area (Å²) < 4.78 is 15.8. The Kier molecular flexibility index (Phi) is 6.79. The van der Waals surface area contributed by atoms with E-state index in [2.05, 4.69) is 14.9 Å². The van der Waals surface area contributed by atoms with Gasteiger partial charge in [-0.2, -0.15) is 0 Å². The van der Waals surface area contributed by atoms with Crippen LogP contribution in [-0.2, 0) is 0 Å². The molecule has 5 nitrogen and oxygen atoms in total. The Labute approximate surface area is 182 Å². The second-order valence-electron chi connectivity index (χ2n) is 6.73. The summed E-state index contributed by atoms with van der Waals surface area (Å²) in [5, 5.41) is 0.522. The zero-order valence-corrected chi connectivity index (χ0v) is 18.4. The van der Waals surface area contributed by atoms with E-state index in [9.17, 15) is 9.18 Å². The zero-order chi connectivity index (χ0) is 19.7. The van der Waals surface area contributed by atoms with Crippen molar-refractivity contribution < 1.29 is 9.18 Å². The lowest BCUT2D eigenvalue weighted by Crippen LogP contribution is -2.33. The monoisotopic (exact) mass is 450 g/mol. The first-order valence-electron chi connectivity index (χ1n) is 8.88. The van der Waals surface area contributed by atoms with Crippen molar-refractivity contribution in [2.45, 2.75) is 6.42 Å². The number of halogens is 2. The number of carbonyl (C=O) groups excluding carboxylic acids is 1. The quantitative estimate of drug-likeness (QED) is 0.411. The van der Waals surface area contributed by atoms with Gasteiger partial charge < -0.3 is 4.90 Å². The summed E-state index contributed by atoms with van der Waals surface area (Å²) in [7, 11) is 3.99. The van der Waals surface area contributed by atoms with Gasteiger partial charge >= 0.3 is 0 Å². The number of hydrogen-bond acceptors (Lipinski definition) is 6. The van der Waals surface area contributed by atoms with E-state index in [1.165, 1.54) is 28.7 Å². The Morgan fingerprint density at radius 1 is 1.14 bits per heavy atom. The van der Waals surface area contributed by atoms with Gasteiger partial charge in [-0.3, -0.25) is 9.69 Å². The van der Waals surface area contributed by atoms with Gasteiger partial charge in [0.1, 0.15) is 11.3 Å². The molecule has 0 N–H and O–H groups in total. The standard InChI is InChI=1S/C20H19FN4OS2.ClH/c1-24(2)9-4-10-25(20-23-18-14(21)5-3-6-16(18)28-20)19(26)13-7-8-15-17(11-13)27-12-22-15;/h3,5-8,11-12H,4,9-10H2,1-2H3;1H. The van der Waals surface area contributed by atoms with E-state index in [0.29, 0.717) is 22.8 Å². The number of para-hydroxylation sites is 1. The van der Waals surface area contributed by atoms with E-state index in [-0.39, 0.29) is 24.1 Å². The second-order valence-corrected chi connectivity index (χ2v) is 8.63. The smallest absolute Gasteiger partial charge is 0.260 e. The zero-order valence-electron chi connectivity index (χ0n) is 16.0. The van der Waals surface area contributed by atoms with Crippen LogP contribution in [0.4, 0.5) is 9.52 Å². The third-order valence-corrected chi connectivity index (χ3v) is 6.24. The highest BCUT2D eigenvalue weighted by Gasteiger charge is 2.22. The van der Waals surface area contributed by atoms with Crippen molar-refractivity contribution in [3.05, 3.63) is 53.3 Å². The number of anilines is 1. The van der Waals surface area contributed by atoms with E-state index in [0.717, 1.165) is 27.9 Å². The Hall–Kier alpha value is -2.13. The van der Waals surface area contributed by atoms with E-state index < -0.39 is 0 Å².